The summed E-state index contributed by atoms with van der Waals surface area (Å²) in [4.78, 5) is 55.6. The average molecular weight is 431 g/mol. The number of aliphatic carboxylic acids is 2. The Morgan fingerprint density at radius 3 is 2.45 bits per heavy atom. The van der Waals surface area contributed by atoms with Crippen molar-refractivity contribution in [1.82, 2.24) is 20.2 Å². The minimum atomic E-state index is -1.23. The zero-order valence-electron chi connectivity index (χ0n) is 16.7. The van der Waals surface area contributed by atoms with E-state index in [4.69, 9.17) is 10.8 Å². The molecule has 0 radical (unpaired) electrons. The normalized spacial score (nSPS) is 12.5. The number of carboxylic acids is 2. The number of imidazole rings is 1. The average Bonchev–Trinajstić information content (AvgIpc) is 3.24. The standard InChI is InChI=1S/C20H25N5O6/c21-15(20(30)31)6-7-17(26)24-16(8-14-9-22-12-23-14)19(29)25(11-18(27)28)10-13-4-2-1-3-5-13/h1-5,9,12,15-16H,6-8,10-11,21H2,(H,22,23)(H,24,26)(H,27,28)(H,30,31)/t15-,16-/m0/s1. The van der Waals surface area contributed by atoms with Crippen molar-refractivity contribution in [2.45, 2.75) is 37.9 Å². The highest BCUT2D eigenvalue weighted by Gasteiger charge is 2.28. The van der Waals surface area contributed by atoms with Gasteiger partial charge in [0, 0.05) is 31.3 Å². The molecule has 0 saturated heterocycles. The number of aromatic nitrogens is 2. The van der Waals surface area contributed by atoms with Crippen LogP contribution in [-0.4, -0.2) is 67.5 Å². The summed E-state index contributed by atoms with van der Waals surface area (Å²) in [6.45, 7) is -0.502. The van der Waals surface area contributed by atoms with E-state index in [-0.39, 0.29) is 25.8 Å². The molecule has 1 aromatic carbocycles. The highest BCUT2D eigenvalue weighted by Crippen LogP contribution is 2.10. The maximum Gasteiger partial charge on any atom is 0.323 e. The molecular formula is C20H25N5O6. The van der Waals surface area contributed by atoms with E-state index in [1.165, 1.54) is 12.5 Å². The Morgan fingerprint density at radius 2 is 1.87 bits per heavy atom. The molecule has 31 heavy (non-hydrogen) atoms. The number of nitrogens with zero attached hydrogens (tertiary/aromatic N) is 2. The first-order valence-corrected chi connectivity index (χ1v) is 9.55. The second kappa shape index (κ2) is 11.5. The largest absolute Gasteiger partial charge is 0.480 e. The molecule has 0 spiro atoms. The SMILES string of the molecule is N[C@@H](CCC(=O)N[C@@H](Cc1cnc[nH]1)C(=O)N(CC(=O)O)Cc1ccccc1)C(=O)O. The van der Waals surface area contributed by atoms with E-state index in [2.05, 4.69) is 15.3 Å². The van der Waals surface area contributed by atoms with Crippen molar-refractivity contribution in [3.05, 3.63) is 54.1 Å². The molecule has 11 heteroatoms. The molecule has 11 nitrogen and oxygen atoms in total. The molecule has 6 N–H and O–H groups in total. The smallest absolute Gasteiger partial charge is 0.323 e. The maximum atomic E-state index is 13.2. The number of carbonyl (C=O) groups is 4. The third-order valence-corrected chi connectivity index (χ3v) is 4.47. The second-order valence-electron chi connectivity index (χ2n) is 6.96. The predicted octanol–water partition coefficient (Wildman–Crippen LogP) is -0.257. The van der Waals surface area contributed by atoms with Crippen LogP contribution in [0.15, 0.2) is 42.9 Å². The number of aromatic amines is 1. The first kappa shape index (κ1) is 23.5. The minimum absolute atomic E-state index is 0.0468. The molecule has 2 amide bonds. The quantitative estimate of drug-likeness (QED) is 0.305. The summed E-state index contributed by atoms with van der Waals surface area (Å²) in [5.74, 6) is -3.57. The third kappa shape index (κ3) is 7.90. The van der Waals surface area contributed by atoms with Crippen LogP contribution < -0.4 is 11.1 Å². The zero-order chi connectivity index (χ0) is 22.8. The summed E-state index contributed by atoms with van der Waals surface area (Å²) in [5.41, 5.74) is 6.72. The van der Waals surface area contributed by atoms with Crippen LogP contribution in [0.3, 0.4) is 0 Å². The van der Waals surface area contributed by atoms with Gasteiger partial charge in [-0.15, -0.1) is 0 Å². The Bertz CT molecular complexity index is 887. The lowest BCUT2D eigenvalue weighted by Crippen LogP contribution is -2.51. The van der Waals surface area contributed by atoms with E-state index < -0.39 is 42.4 Å². The first-order chi connectivity index (χ1) is 14.8. The molecular weight excluding hydrogens is 406 g/mol. The molecule has 1 heterocycles. The third-order valence-electron chi connectivity index (χ3n) is 4.47. The highest BCUT2D eigenvalue weighted by molar-refractivity contribution is 5.90. The fourth-order valence-electron chi connectivity index (χ4n) is 2.89. The van der Waals surface area contributed by atoms with Gasteiger partial charge in [-0.05, 0) is 12.0 Å². The van der Waals surface area contributed by atoms with Crippen LogP contribution in [0.4, 0.5) is 0 Å². The fraction of sp³-hybridized carbons (Fsp3) is 0.350. The molecule has 0 aliphatic carbocycles. The van der Waals surface area contributed by atoms with Crippen molar-refractivity contribution < 1.29 is 29.4 Å². The molecule has 2 atom stereocenters. The molecule has 1 aromatic heterocycles. The molecule has 0 aliphatic rings. The number of amides is 2. The van der Waals surface area contributed by atoms with Crippen molar-refractivity contribution in [1.29, 1.82) is 0 Å². The van der Waals surface area contributed by atoms with Gasteiger partial charge in [-0.1, -0.05) is 30.3 Å². The first-order valence-electron chi connectivity index (χ1n) is 9.55. The minimum Gasteiger partial charge on any atom is -0.480 e. The molecule has 166 valence electrons. The van der Waals surface area contributed by atoms with Gasteiger partial charge in [-0.2, -0.15) is 0 Å². The molecule has 2 aromatic rings. The maximum absolute atomic E-state index is 13.2. The monoisotopic (exact) mass is 431 g/mol. The van der Waals surface area contributed by atoms with Crippen LogP contribution in [0, 0.1) is 0 Å². The zero-order valence-corrected chi connectivity index (χ0v) is 16.7. The lowest BCUT2D eigenvalue weighted by molar-refractivity contribution is -0.146. The summed E-state index contributed by atoms with van der Waals surface area (Å²) in [7, 11) is 0. The topological polar surface area (TPSA) is 179 Å². The summed E-state index contributed by atoms with van der Waals surface area (Å²) in [5, 5.41) is 20.7. The Morgan fingerprint density at radius 1 is 1.16 bits per heavy atom. The number of hydrogen-bond donors (Lipinski definition) is 5. The molecule has 0 bridgehead atoms. The van der Waals surface area contributed by atoms with Gasteiger partial charge in [-0.25, -0.2) is 4.98 Å². The van der Waals surface area contributed by atoms with Gasteiger partial charge in [0.15, 0.2) is 0 Å². The Kier molecular flexibility index (Phi) is 8.70. The van der Waals surface area contributed by atoms with Crippen molar-refractivity contribution in [3.63, 3.8) is 0 Å². The van der Waals surface area contributed by atoms with Crippen molar-refractivity contribution >= 4 is 23.8 Å². The van der Waals surface area contributed by atoms with E-state index in [1.807, 2.05) is 0 Å². The summed E-state index contributed by atoms with van der Waals surface area (Å²) < 4.78 is 0. The van der Waals surface area contributed by atoms with Crippen LogP contribution >= 0.6 is 0 Å². The van der Waals surface area contributed by atoms with E-state index in [0.29, 0.717) is 5.69 Å². The van der Waals surface area contributed by atoms with Crippen LogP contribution in [-0.2, 0) is 32.1 Å². The lowest BCUT2D eigenvalue weighted by atomic mass is 10.1. The number of rotatable bonds is 12. The van der Waals surface area contributed by atoms with Gasteiger partial charge in [0.25, 0.3) is 0 Å². The summed E-state index contributed by atoms with van der Waals surface area (Å²) >= 11 is 0. The Balaban J connectivity index is 2.16. The number of benzene rings is 1. The molecule has 0 unspecified atom stereocenters. The molecule has 0 fully saturated rings. The number of nitrogens with one attached hydrogen (secondary N) is 2. The van der Waals surface area contributed by atoms with Crippen molar-refractivity contribution in [2.24, 2.45) is 5.73 Å². The van der Waals surface area contributed by atoms with Crippen LogP contribution in [0.25, 0.3) is 0 Å². The Hall–Kier alpha value is -3.73. The lowest BCUT2D eigenvalue weighted by Gasteiger charge is -2.27. The van der Waals surface area contributed by atoms with Crippen LogP contribution in [0.2, 0.25) is 0 Å². The second-order valence-corrected chi connectivity index (χ2v) is 6.96. The number of carbonyl (C=O) groups excluding carboxylic acids is 2. The Labute approximate surface area is 178 Å². The van der Waals surface area contributed by atoms with Gasteiger partial charge < -0.3 is 31.1 Å². The molecule has 0 aliphatic heterocycles. The number of H-pyrrole nitrogens is 1. The predicted molar refractivity (Wildman–Crippen MR) is 109 cm³/mol. The van der Waals surface area contributed by atoms with E-state index in [9.17, 15) is 24.3 Å². The highest BCUT2D eigenvalue weighted by atomic mass is 16.4. The number of nitrogens with two attached hydrogens (primary N) is 1. The van der Waals surface area contributed by atoms with Crippen LogP contribution in [0.5, 0.6) is 0 Å². The van der Waals surface area contributed by atoms with Gasteiger partial charge in [0.05, 0.1) is 6.33 Å². The van der Waals surface area contributed by atoms with E-state index >= 15 is 0 Å². The fourth-order valence-corrected chi connectivity index (χ4v) is 2.89. The summed E-state index contributed by atoms with van der Waals surface area (Å²) in [6.07, 6.45) is 2.67. The van der Waals surface area contributed by atoms with Crippen molar-refractivity contribution in [3.8, 4) is 0 Å². The van der Waals surface area contributed by atoms with Gasteiger partial charge in [-0.3, -0.25) is 19.2 Å². The number of carboxylic acid groups (broad SMARTS) is 2. The number of hydrogen-bond acceptors (Lipinski definition) is 6. The van der Waals surface area contributed by atoms with Gasteiger partial charge in [0.1, 0.15) is 18.6 Å². The molecule has 2 rings (SSSR count). The van der Waals surface area contributed by atoms with Crippen LogP contribution in [0.1, 0.15) is 24.1 Å². The van der Waals surface area contributed by atoms with E-state index in [0.717, 1.165) is 10.5 Å². The molecule has 0 saturated carbocycles. The van der Waals surface area contributed by atoms with E-state index in [1.54, 1.807) is 30.3 Å². The van der Waals surface area contributed by atoms with Gasteiger partial charge in [0.2, 0.25) is 11.8 Å². The van der Waals surface area contributed by atoms with Gasteiger partial charge >= 0.3 is 11.9 Å². The summed E-state index contributed by atoms with van der Waals surface area (Å²) in [6, 6.07) is 6.60. The van der Waals surface area contributed by atoms with Crippen molar-refractivity contribution in [2.75, 3.05) is 6.54 Å².